The van der Waals surface area contributed by atoms with Crippen LogP contribution < -0.4 is 4.74 Å². The van der Waals surface area contributed by atoms with Gasteiger partial charge in [-0.2, -0.15) is 0 Å². The van der Waals surface area contributed by atoms with Crippen LogP contribution in [0.5, 0.6) is 5.88 Å². The van der Waals surface area contributed by atoms with Crippen LogP contribution in [0.25, 0.3) is 0 Å². The molecule has 0 saturated carbocycles. The van der Waals surface area contributed by atoms with E-state index in [-0.39, 0.29) is 18.4 Å². The van der Waals surface area contributed by atoms with Crippen LogP contribution in [0.3, 0.4) is 0 Å². The van der Waals surface area contributed by atoms with Crippen molar-refractivity contribution in [3.8, 4) is 5.88 Å². The van der Waals surface area contributed by atoms with Crippen molar-refractivity contribution in [2.75, 3.05) is 0 Å². The molecule has 2 nitrogen and oxygen atoms in total. The number of pyridine rings is 1. The molecule has 0 spiro atoms. The molecule has 0 aliphatic carbocycles. The van der Waals surface area contributed by atoms with E-state index in [1.54, 1.807) is 6.07 Å². The van der Waals surface area contributed by atoms with Crippen LogP contribution in [0.2, 0.25) is 5.02 Å². The van der Waals surface area contributed by atoms with Crippen molar-refractivity contribution in [3.63, 3.8) is 0 Å². The summed E-state index contributed by atoms with van der Waals surface area (Å²) in [5.41, 5.74) is 1.14. The van der Waals surface area contributed by atoms with Gasteiger partial charge in [-0.05, 0) is 12.1 Å². The van der Waals surface area contributed by atoms with Gasteiger partial charge in [0.15, 0.2) is 5.82 Å². The molecule has 0 fully saturated rings. The van der Waals surface area contributed by atoms with Crippen molar-refractivity contribution in [2.45, 2.75) is 12.5 Å². The topological polar surface area (TPSA) is 22.1 Å². The monoisotopic (exact) mass is 285 g/mol. The van der Waals surface area contributed by atoms with Crippen LogP contribution in [-0.2, 0) is 12.5 Å². The molecule has 0 aliphatic heterocycles. The summed E-state index contributed by atoms with van der Waals surface area (Å²) in [6, 6.07) is 8.73. The van der Waals surface area contributed by atoms with Gasteiger partial charge < -0.3 is 4.74 Å². The number of halogens is 3. The summed E-state index contributed by atoms with van der Waals surface area (Å²) in [5.74, 6) is -0.510. The highest BCUT2D eigenvalue weighted by Crippen LogP contribution is 2.21. The molecule has 1 aromatic heterocycles. The zero-order valence-electron chi connectivity index (χ0n) is 9.37. The van der Waals surface area contributed by atoms with Gasteiger partial charge in [0, 0.05) is 22.3 Å². The Bertz CT molecular complexity index is 548. The Morgan fingerprint density at radius 1 is 1.17 bits per heavy atom. The molecular weight excluding hydrogens is 276 g/mol. The van der Waals surface area contributed by atoms with Crippen LogP contribution in [0.4, 0.5) is 4.39 Å². The third-order valence-electron chi connectivity index (χ3n) is 2.40. The molecule has 18 heavy (non-hydrogen) atoms. The van der Waals surface area contributed by atoms with Gasteiger partial charge in [0.2, 0.25) is 0 Å². The third kappa shape index (κ3) is 2.92. The normalized spacial score (nSPS) is 10.4. The molecule has 0 saturated heterocycles. The largest absolute Gasteiger partial charge is 0.471 e. The molecule has 0 bridgehead atoms. The molecule has 2 rings (SSSR count). The summed E-state index contributed by atoms with van der Waals surface area (Å²) in [6.45, 7) is 0.162. The summed E-state index contributed by atoms with van der Waals surface area (Å²) in [4.78, 5) is 3.83. The van der Waals surface area contributed by atoms with Crippen molar-refractivity contribution in [3.05, 3.63) is 58.5 Å². The summed E-state index contributed by atoms with van der Waals surface area (Å²) >= 11 is 11.6. The van der Waals surface area contributed by atoms with Gasteiger partial charge in [-0.3, -0.25) is 0 Å². The molecular formula is C13H10Cl2FNO. The SMILES string of the molecule is Fc1c(CCl)ccnc1OCc1ccccc1Cl. The molecule has 2 aromatic rings. The minimum Gasteiger partial charge on any atom is -0.471 e. The molecule has 0 amide bonds. The Morgan fingerprint density at radius 3 is 2.67 bits per heavy atom. The van der Waals surface area contributed by atoms with E-state index in [2.05, 4.69) is 4.98 Å². The van der Waals surface area contributed by atoms with Gasteiger partial charge in [0.25, 0.3) is 5.88 Å². The minimum absolute atomic E-state index is 0.0620. The summed E-state index contributed by atoms with van der Waals surface area (Å²) < 4.78 is 19.1. The lowest BCUT2D eigenvalue weighted by molar-refractivity contribution is 0.276. The second kappa shape index (κ2) is 6.03. The fourth-order valence-corrected chi connectivity index (χ4v) is 1.82. The fraction of sp³-hybridized carbons (Fsp3) is 0.154. The number of ether oxygens (including phenoxy) is 1. The Labute approximate surface area is 114 Å². The standard InChI is InChI=1S/C13H10Cl2FNO/c14-7-9-5-6-17-13(12(9)16)18-8-10-3-1-2-4-11(10)15/h1-6H,7-8H2. The van der Waals surface area contributed by atoms with Crippen molar-refractivity contribution in [1.29, 1.82) is 0 Å². The third-order valence-corrected chi connectivity index (χ3v) is 3.06. The molecule has 1 aromatic carbocycles. The van der Waals surface area contributed by atoms with E-state index < -0.39 is 5.82 Å². The summed E-state index contributed by atoms with van der Waals surface area (Å²) in [7, 11) is 0. The van der Waals surface area contributed by atoms with Crippen LogP contribution in [-0.4, -0.2) is 4.98 Å². The highest BCUT2D eigenvalue weighted by Gasteiger charge is 2.10. The first-order valence-electron chi connectivity index (χ1n) is 5.28. The van der Waals surface area contributed by atoms with E-state index in [1.807, 2.05) is 18.2 Å². The van der Waals surface area contributed by atoms with Crippen molar-refractivity contribution in [1.82, 2.24) is 4.98 Å². The van der Waals surface area contributed by atoms with E-state index in [4.69, 9.17) is 27.9 Å². The lowest BCUT2D eigenvalue weighted by Gasteiger charge is -2.08. The lowest BCUT2D eigenvalue weighted by atomic mass is 10.2. The highest BCUT2D eigenvalue weighted by molar-refractivity contribution is 6.31. The van der Waals surface area contributed by atoms with Crippen LogP contribution in [0.1, 0.15) is 11.1 Å². The van der Waals surface area contributed by atoms with Gasteiger partial charge in [-0.15, -0.1) is 11.6 Å². The Kier molecular flexibility index (Phi) is 4.39. The van der Waals surface area contributed by atoms with Crippen molar-refractivity contribution < 1.29 is 9.13 Å². The van der Waals surface area contributed by atoms with Gasteiger partial charge in [-0.25, -0.2) is 9.37 Å². The average Bonchev–Trinajstić information content (AvgIpc) is 2.39. The predicted octanol–water partition coefficient (Wildman–Crippen LogP) is 4.19. The zero-order valence-corrected chi connectivity index (χ0v) is 10.9. The minimum atomic E-state index is -0.528. The highest BCUT2D eigenvalue weighted by atomic mass is 35.5. The molecule has 94 valence electrons. The van der Waals surface area contributed by atoms with E-state index in [1.165, 1.54) is 12.3 Å². The Hall–Kier alpha value is -1.32. The van der Waals surface area contributed by atoms with Crippen molar-refractivity contribution >= 4 is 23.2 Å². The molecule has 0 unspecified atom stereocenters. The number of hydrogen-bond acceptors (Lipinski definition) is 2. The first kappa shape index (κ1) is 13.1. The zero-order chi connectivity index (χ0) is 13.0. The average molecular weight is 286 g/mol. The quantitative estimate of drug-likeness (QED) is 0.786. The molecule has 0 aliphatic rings. The van der Waals surface area contributed by atoms with Gasteiger partial charge in [0.05, 0.1) is 5.88 Å². The van der Waals surface area contributed by atoms with E-state index >= 15 is 0 Å². The van der Waals surface area contributed by atoms with Gasteiger partial charge >= 0.3 is 0 Å². The van der Waals surface area contributed by atoms with E-state index in [0.29, 0.717) is 10.6 Å². The molecule has 5 heteroatoms. The van der Waals surface area contributed by atoms with Crippen LogP contribution >= 0.6 is 23.2 Å². The van der Waals surface area contributed by atoms with Gasteiger partial charge in [0.1, 0.15) is 6.61 Å². The van der Waals surface area contributed by atoms with Crippen molar-refractivity contribution in [2.24, 2.45) is 0 Å². The number of hydrogen-bond donors (Lipinski definition) is 0. The molecule has 1 heterocycles. The summed E-state index contributed by atoms with van der Waals surface area (Å²) in [6.07, 6.45) is 1.46. The lowest BCUT2D eigenvalue weighted by Crippen LogP contribution is -2.01. The Balaban J connectivity index is 2.14. The van der Waals surface area contributed by atoms with Gasteiger partial charge in [-0.1, -0.05) is 29.8 Å². The molecule has 0 N–H and O–H groups in total. The number of benzene rings is 1. The fourth-order valence-electron chi connectivity index (χ4n) is 1.43. The molecule has 0 radical (unpaired) electrons. The van der Waals surface area contributed by atoms with Crippen LogP contribution in [0.15, 0.2) is 36.5 Å². The molecule has 0 atom stereocenters. The first-order chi connectivity index (χ1) is 8.72. The first-order valence-corrected chi connectivity index (χ1v) is 6.19. The van der Waals surface area contributed by atoms with E-state index in [0.717, 1.165) is 5.56 Å². The second-order valence-electron chi connectivity index (χ2n) is 3.60. The maximum Gasteiger partial charge on any atom is 0.251 e. The maximum atomic E-state index is 13.8. The van der Waals surface area contributed by atoms with E-state index in [9.17, 15) is 4.39 Å². The summed E-state index contributed by atoms with van der Waals surface area (Å²) in [5, 5.41) is 0.575. The predicted molar refractivity (Wildman–Crippen MR) is 69.5 cm³/mol. The number of aromatic nitrogens is 1. The number of alkyl halides is 1. The maximum absolute atomic E-state index is 13.8. The smallest absolute Gasteiger partial charge is 0.251 e. The second-order valence-corrected chi connectivity index (χ2v) is 4.28. The van der Waals surface area contributed by atoms with Crippen LogP contribution in [0, 0.1) is 5.82 Å². The number of rotatable bonds is 4. The number of nitrogens with zero attached hydrogens (tertiary/aromatic N) is 1. The Morgan fingerprint density at radius 2 is 1.94 bits per heavy atom.